The summed E-state index contributed by atoms with van der Waals surface area (Å²) in [4.78, 5) is 15.1. The van der Waals surface area contributed by atoms with Crippen molar-refractivity contribution in [2.45, 2.75) is 84.5 Å². The van der Waals surface area contributed by atoms with Crippen LogP contribution in [-0.4, -0.2) is 35.5 Å². The van der Waals surface area contributed by atoms with Crippen LogP contribution in [0.2, 0.25) is 0 Å². The van der Waals surface area contributed by atoms with Crippen LogP contribution in [0.15, 0.2) is 0 Å². The summed E-state index contributed by atoms with van der Waals surface area (Å²) >= 11 is 0. The van der Waals surface area contributed by atoms with Crippen LogP contribution in [0.5, 0.6) is 0 Å². The Kier molecular flexibility index (Phi) is 18.8. The third-order valence-corrected chi connectivity index (χ3v) is 3.68. The molecular weight excluding hydrogens is 249 g/mol. The van der Waals surface area contributed by atoms with Crippen LogP contribution in [0.3, 0.4) is 0 Å². The summed E-state index contributed by atoms with van der Waals surface area (Å²) in [5.74, 6) is 5.20. The molecule has 0 aromatic rings. The van der Waals surface area contributed by atoms with E-state index < -0.39 is 0 Å². The summed E-state index contributed by atoms with van der Waals surface area (Å²) in [6, 6.07) is 0. The Bertz CT molecular complexity index is 201. The predicted octanol–water partition coefficient (Wildman–Crippen LogP) is 3.70. The van der Waals surface area contributed by atoms with Gasteiger partial charge in [0, 0.05) is 6.42 Å². The molecule has 0 aliphatic carbocycles. The fraction of sp³-hybridized carbons (Fsp3) is 0.933. The third kappa shape index (κ3) is 14.6. The average Bonchev–Trinajstić information content (AvgIpc) is 2.40. The van der Waals surface area contributed by atoms with E-state index in [1.807, 2.05) is 0 Å². The van der Waals surface area contributed by atoms with Gasteiger partial charge in [-0.15, -0.1) is 0 Å². The Morgan fingerprint density at radius 2 is 1.58 bits per heavy atom. The second-order valence-electron chi connectivity index (χ2n) is 5.21. The maximum absolute atomic E-state index is 11.0. The van der Waals surface area contributed by atoms with Crippen molar-refractivity contribution in [2.75, 3.05) is 0 Å². The molecule has 0 aromatic heterocycles. The molecule has 0 spiro atoms. The number of carbonyl (C=O) groups excluding carboxylic acids is 1. The molecule has 110 valence electrons. The van der Waals surface area contributed by atoms with Gasteiger partial charge < -0.3 is 4.84 Å². The first-order valence-corrected chi connectivity index (χ1v) is 7.64. The molecule has 4 heteroatoms. The van der Waals surface area contributed by atoms with E-state index in [-0.39, 0.29) is 35.5 Å². The summed E-state index contributed by atoms with van der Waals surface area (Å²) in [7, 11) is 0. The summed E-state index contributed by atoms with van der Waals surface area (Å²) < 4.78 is 0. The molecule has 0 radical (unpaired) electrons. The molecule has 1 atom stereocenters. The molecule has 0 aromatic carbocycles. The minimum absolute atomic E-state index is 0. The van der Waals surface area contributed by atoms with Gasteiger partial charge in [-0.1, -0.05) is 71.6 Å². The van der Waals surface area contributed by atoms with Crippen molar-refractivity contribution in [3.8, 4) is 0 Å². The van der Waals surface area contributed by atoms with E-state index in [1.54, 1.807) is 0 Å². The number of hydrogen-bond donors (Lipinski definition) is 1. The SMILES string of the molecule is CCCCCCCCCC(CC)CCC(=O)ON.[NaH]. The summed E-state index contributed by atoms with van der Waals surface area (Å²) in [6.07, 6.45) is 13.2. The van der Waals surface area contributed by atoms with Gasteiger partial charge in [0.25, 0.3) is 0 Å². The fourth-order valence-corrected chi connectivity index (χ4v) is 2.32. The van der Waals surface area contributed by atoms with Crippen molar-refractivity contribution in [1.29, 1.82) is 0 Å². The first-order chi connectivity index (χ1) is 8.74. The van der Waals surface area contributed by atoms with Crippen LogP contribution in [0, 0.1) is 5.92 Å². The van der Waals surface area contributed by atoms with Crippen LogP contribution in [0.1, 0.15) is 84.5 Å². The molecule has 19 heavy (non-hydrogen) atoms. The van der Waals surface area contributed by atoms with Gasteiger partial charge in [0.05, 0.1) is 0 Å². The van der Waals surface area contributed by atoms with Crippen LogP contribution in [0.25, 0.3) is 0 Å². The van der Waals surface area contributed by atoms with E-state index in [4.69, 9.17) is 5.90 Å². The minimum atomic E-state index is -0.284. The molecule has 0 rings (SSSR count). The zero-order valence-corrected chi connectivity index (χ0v) is 12.2. The molecule has 0 aliphatic heterocycles. The third-order valence-electron chi connectivity index (χ3n) is 3.68. The first-order valence-electron chi connectivity index (χ1n) is 7.64. The van der Waals surface area contributed by atoms with Crippen molar-refractivity contribution >= 4 is 35.5 Å². The predicted molar refractivity (Wildman–Crippen MR) is 83.1 cm³/mol. The topological polar surface area (TPSA) is 52.3 Å². The van der Waals surface area contributed by atoms with Gasteiger partial charge in [-0.25, -0.2) is 0 Å². The van der Waals surface area contributed by atoms with E-state index >= 15 is 0 Å². The van der Waals surface area contributed by atoms with E-state index in [0.717, 1.165) is 12.8 Å². The van der Waals surface area contributed by atoms with E-state index in [0.29, 0.717) is 12.3 Å². The van der Waals surface area contributed by atoms with Gasteiger partial charge in [-0.2, -0.15) is 5.90 Å². The fourth-order valence-electron chi connectivity index (χ4n) is 2.32. The van der Waals surface area contributed by atoms with Gasteiger partial charge in [-0.05, 0) is 12.3 Å². The van der Waals surface area contributed by atoms with Crippen molar-refractivity contribution in [3.05, 3.63) is 0 Å². The monoisotopic (exact) mass is 281 g/mol. The second kappa shape index (κ2) is 16.5. The van der Waals surface area contributed by atoms with Crippen molar-refractivity contribution in [1.82, 2.24) is 0 Å². The van der Waals surface area contributed by atoms with Crippen LogP contribution in [0.4, 0.5) is 0 Å². The van der Waals surface area contributed by atoms with Crippen molar-refractivity contribution in [3.63, 3.8) is 0 Å². The van der Waals surface area contributed by atoms with E-state index in [1.165, 1.54) is 51.4 Å². The molecule has 0 aliphatic rings. The van der Waals surface area contributed by atoms with Crippen molar-refractivity contribution < 1.29 is 9.63 Å². The van der Waals surface area contributed by atoms with Crippen LogP contribution >= 0.6 is 0 Å². The zero-order chi connectivity index (χ0) is 13.6. The Morgan fingerprint density at radius 3 is 2.11 bits per heavy atom. The van der Waals surface area contributed by atoms with Gasteiger partial charge in [0.2, 0.25) is 0 Å². The van der Waals surface area contributed by atoms with Gasteiger partial charge in [-0.3, -0.25) is 4.79 Å². The molecule has 0 saturated heterocycles. The average molecular weight is 281 g/mol. The van der Waals surface area contributed by atoms with E-state index in [9.17, 15) is 4.79 Å². The molecular formula is C15H32NNaO2. The zero-order valence-electron chi connectivity index (χ0n) is 12.2. The summed E-state index contributed by atoms with van der Waals surface area (Å²) in [5.41, 5.74) is 0. The van der Waals surface area contributed by atoms with Crippen LogP contribution < -0.4 is 5.90 Å². The standard InChI is InChI=1S/C15H31NO2.Na.H/c1-3-5-6-7-8-9-10-11-14(4-2)12-13-15(17)18-16;;/h14H,3-13,16H2,1-2H3;;. The Balaban J connectivity index is 0. The number of rotatable bonds is 12. The van der Waals surface area contributed by atoms with E-state index in [2.05, 4.69) is 18.7 Å². The van der Waals surface area contributed by atoms with Gasteiger partial charge in [0.1, 0.15) is 0 Å². The van der Waals surface area contributed by atoms with Crippen LogP contribution in [-0.2, 0) is 9.63 Å². The quantitative estimate of drug-likeness (QED) is 0.337. The second-order valence-corrected chi connectivity index (χ2v) is 5.21. The molecule has 0 amide bonds. The number of hydrogen-bond acceptors (Lipinski definition) is 3. The Labute approximate surface area is 141 Å². The van der Waals surface area contributed by atoms with Gasteiger partial charge in [0.15, 0.2) is 0 Å². The molecule has 1 unspecified atom stereocenters. The summed E-state index contributed by atoms with van der Waals surface area (Å²) in [6.45, 7) is 4.44. The summed E-state index contributed by atoms with van der Waals surface area (Å²) in [5, 5.41) is 0. The normalized spacial score (nSPS) is 11.7. The first kappa shape index (κ1) is 21.7. The number of nitrogens with two attached hydrogens (primary N) is 1. The Morgan fingerprint density at radius 1 is 1.00 bits per heavy atom. The molecule has 3 nitrogen and oxygen atoms in total. The van der Waals surface area contributed by atoms with Gasteiger partial charge >= 0.3 is 35.5 Å². The molecule has 0 bridgehead atoms. The molecule has 0 fully saturated rings. The Hall–Kier alpha value is 0.430. The molecule has 0 heterocycles. The number of carbonyl (C=O) groups is 1. The molecule has 0 saturated carbocycles. The number of unbranched alkanes of at least 4 members (excludes halogenated alkanes) is 6. The molecule has 2 N–H and O–H groups in total. The maximum atomic E-state index is 11.0. The van der Waals surface area contributed by atoms with Crippen molar-refractivity contribution in [2.24, 2.45) is 11.8 Å².